The fourth-order valence-electron chi connectivity index (χ4n) is 4.12. The smallest absolute Gasteiger partial charge is 0.410 e. The van der Waals surface area contributed by atoms with Gasteiger partial charge in [0.15, 0.2) is 11.6 Å². The Kier molecular flexibility index (Phi) is 6.02. The highest BCUT2D eigenvalue weighted by molar-refractivity contribution is 5.69. The van der Waals surface area contributed by atoms with E-state index >= 15 is 0 Å². The monoisotopic (exact) mass is 452 g/mol. The molecule has 2 aliphatic heterocycles. The fourth-order valence-corrected chi connectivity index (χ4v) is 4.12. The van der Waals surface area contributed by atoms with Gasteiger partial charge in [-0.3, -0.25) is 9.88 Å². The third-order valence-corrected chi connectivity index (χ3v) is 5.28. The lowest BCUT2D eigenvalue weighted by atomic mass is 10.0. The van der Waals surface area contributed by atoms with Crippen LogP contribution >= 0.6 is 0 Å². The van der Waals surface area contributed by atoms with Crippen LogP contribution in [0.25, 0.3) is 0 Å². The van der Waals surface area contributed by atoms with Crippen LogP contribution in [-0.4, -0.2) is 61.6 Å². The van der Waals surface area contributed by atoms with Crippen molar-refractivity contribution in [3.63, 3.8) is 0 Å². The predicted molar refractivity (Wildman–Crippen MR) is 109 cm³/mol. The van der Waals surface area contributed by atoms with Crippen LogP contribution < -0.4 is 14.8 Å². The van der Waals surface area contributed by atoms with Gasteiger partial charge in [-0.2, -0.15) is 18.9 Å². The van der Waals surface area contributed by atoms with Crippen molar-refractivity contribution < 1.29 is 27.8 Å². The molecule has 0 saturated carbocycles. The first kappa shape index (κ1) is 22.0. The van der Waals surface area contributed by atoms with E-state index in [2.05, 4.69) is 30.2 Å². The summed E-state index contributed by atoms with van der Waals surface area (Å²) in [5.41, 5.74) is -0.567. The molecule has 174 valence electrons. The summed E-state index contributed by atoms with van der Waals surface area (Å²) in [6, 6.07) is 1.35. The molecule has 3 atom stereocenters. The first-order chi connectivity index (χ1) is 15.2. The summed E-state index contributed by atoms with van der Waals surface area (Å²) >= 11 is 0. The van der Waals surface area contributed by atoms with E-state index in [4.69, 9.17) is 9.47 Å². The Morgan fingerprint density at radius 1 is 1.22 bits per heavy atom. The van der Waals surface area contributed by atoms with Crippen molar-refractivity contribution in [3.05, 3.63) is 18.5 Å². The van der Waals surface area contributed by atoms with E-state index in [1.54, 1.807) is 0 Å². The predicted octanol–water partition coefficient (Wildman–Crippen LogP) is 3.85. The van der Waals surface area contributed by atoms with Gasteiger partial charge in [0.25, 0.3) is 0 Å². The molecule has 2 aliphatic rings. The minimum atomic E-state index is -2.95. The molecular weight excluding hydrogens is 426 g/mol. The number of carbonyl (C=O) groups is 1. The van der Waals surface area contributed by atoms with Crippen LogP contribution in [0.1, 0.15) is 46.5 Å². The minimum Gasteiger partial charge on any atom is -0.471 e. The van der Waals surface area contributed by atoms with E-state index in [-0.39, 0.29) is 41.9 Å². The number of piperidine rings is 1. The Hall–Kier alpha value is -3.18. The van der Waals surface area contributed by atoms with Gasteiger partial charge in [0.2, 0.25) is 11.8 Å². The second-order valence-electron chi connectivity index (χ2n) is 8.78. The molecule has 32 heavy (non-hydrogen) atoms. The zero-order valence-electron chi connectivity index (χ0n) is 18.0. The maximum atomic E-state index is 12.7. The van der Waals surface area contributed by atoms with Gasteiger partial charge in [-0.1, -0.05) is 0 Å². The van der Waals surface area contributed by atoms with Gasteiger partial charge in [0.05, 0.1) is 18.4 Å². The van der Waals surface area contributed by atoms with Crippen molar-refractivity contribution in [2.24, 2.45) is 0 Å². The van der Waals surface area contributed by atoms with Crippen LogP contribution in [0.4, 0.5) is 25.2 Å². The number of halogens is 2. The van der Waals surface area contributed by atoms with E-state index in [0.29, 0.717) is 5.82 Å². The number of rotatable bonds is 6. The van der Waals surface area contributed by atoms with Gasteiger partial charge in [0.1, 0.15) is 11.7 Å². The van der Waals surface area contributed by atoms with Gasteiger partial charge < -0.3 is 19.5 Å². The highest BCUT2D eigenvalue weighted by Crippen LogP contribution is 2.38. The maximum absolute atomic E-state index is 12.7. The molecular formula is C20H26F2N6O4. The average molecular weight is 452 g/mol. The van der Waals surface area contributed by atoms with Crippen LogP contribution in [0, 0.1) is 0 Å². The number of H-pyrrole nitrogens is 1. The van der Waals surface area contributed by atoms with Gasteiger partial charge >= 0.3 is 12.7 Å². The number of nitrogens with zero attached hydrogens (tertiary/aromatic N) is 4. The molecule has 0 aromatic carbocycles. The lowest BCUT2D eigenvalue weighted by Crippen LogP contribution is -2.53. The van der Waals surface area contributed by atoms with E-state index in [9.17, 15) is 13.6 Å². The highest BCUT2D eigenvalue weighted by atomic mass is 19.3. The largest absolute Gasteiger partial charge is 0.471 e. The number of carbonyl (C=O) groups excluding carboxylic acids is 1. The first-order valence-corrected chi connectivity index (χ1v) is 10.5. The maximum Gasteiger partial charge on any atom is 0.410 e. The number of hydrogen-bond donors (Lipinski definition) is 2. The normalized spacial score (nSPS) is 22.7. The van der Waals surface area contributed by atoms with E-state index in [1.165, 1.54) is 18.5 Å². The number of amides is 1. The molecule has 0 unspecified atom stereocenters. The SMILES string of the molecule is CC(C)(C)OC(=O)N1[C@@H]2CC[C@H](Oc3cncc(Nc4cc(OC(F)F)[nH]n4)n3)[C@H]1CC2. The fraction of sp³-hybridized carbons (Fsp3) is 0.600. The number of aromatic amines is 1. The molecule has 2 N–H and O–H groups in total. The standard InChI is InChI=1S/C20H26F2N6O4/c1-20(2,3)32-19(29)28-11-4-6-12(28)13(7-5-11)30-17-10-23-9-15(25-17)24-14-8-16(27-26-14)31-18(21)22/h8-13,18H,4-7H2,1-3H3,(H2,24,25,26,27)/t11-,12+,13-/m0/s1. The molecule has 1 amide bonds. The molecule has 4 rings (SSSR count). The number of fused-ring (bicyclic) bond motifs is 2. The molecule has 12 heteroatoms. The van der Waals surface area contributed by atoms with Gasteiger partial charge in [-0.05, 0) is 46.5 Å². The van der Waals surface area contributed by atoms with Crippen LogP contribution in [0.2, 0.25) is 0 Å². The minimum absolute atomic E-state index is 0.0950. The Morgan fingerprint density at radius 3 is 2.75 bits per heavy atom. The first-order valence-electron chi connectivity index (χ1n) is 10.5. The summed E-state index contributed by atoms with van der Waals surface area (Å²) in [6.45, 7) is 2.59. The van der Waals surface area contributed by atoms with Crippen molar-refractivity contribution in [1.82, 2.24) is 25.1 Å². The summed E-state index contributed by atoms with van der Waals surface area (Å²) in [4.78, 5) is 23.0. The highest BCUT2D eigenvalue weighted by Gasteiger charge is 2.47. The van der Waals surface area contributed by atoms with Crippen molar-refractivity contribution in [3.8, 4) is 11.8 Å². The van der Waals surface area contributed by atoms with Crippen molar-refractivity contribution in [2.75, 3.05) is 5.32 Å². The number of anilines is 2. The van der Waals surface area contributed by atoms with Crippen LogP contribution in [-0.2, 0) is 4.74 Å². The molecule has 0 radical (unpaired) electrons. The van der Waals surface area contributed by atoms with Crippen molar-refractivity contribution in [1.29, 1.82) is 0 Å². The van der Waals surface area contributed by atoms with Gasteiger partial charge in [-0.25, -0.2) is 9.89 Å². The van der Waals surface area contributed by atoms with Gasteiger partial charge in [-0.15, -0.1) is 0 Å². The topological polar surface area (TPSA) is 114 Å². The molecule has 0 spiro atoms. The summed E-state index contributed by atoms with van der Waals surface area (Å²) in [6.07, 6.45) is 5.75. The molecule has 2 saturated heterocycles. The summed E-state index contributed by atoms with van der Waals surface area (Å²) in [5, 5.41) is 9.04. The van der Waals surface area contributed by atoms with E-state index in [0.717, 1.165) is 25.7 Å². The Bertz CT molecular complexity index is 950. The number of hydrogen-bond acceptors (Lipinski definition) is 8. The third kappa shape index (κ3) is 5.17. The van der Waals surface area contributed by atoms with Crippen molar-refractivity contribution in [2.45, 2.75) is 76.9 Å². The third-order valence-electron chi connectivity index (χ3n) is 5.28. The molecule has 2 aromatic rings. The Labute approximate surface area is 183 Å². The second kappa shape index (κ2) is 8.75. The lowest BCUT2D eigenvalue weighted by molar-refractivity contribution is -0.0528. The van der Waals surface area contributed by atoms with Gasteiger partial charge in [0, 0.05) is 12.1 Å². The van der Waals surface area contributed by atoms with Crippen LogP contribution in [0.15, 0.2) is 18.5 Å². The molecule has 2 fully saturated rings. The van der Waals surface area contributed by atoms with Crippen molar-refractivity contribution >= 4 is 17.7 Å². The zero-order valence-corrected chi connectivity index (χ0v) is 18.0. The average Bonchev–Trinajstić information content (AvgIpc) is 3.25. The quantitative estimate of drug-likeness (QED) is 0.679. The number of aromatic nitrogens is 4. The van der Waals surface area contributed by atoms with Crippen LogP contribution in [0.5, 0.6) is 11.8 Å². The molecule has 10 nitrogen and oxygen atoms in total. The van der Waals surface area contributed by atoms with E-state index in [1.807, 2.05) is 25.7 Å². The molecule has 2 bridgehead atoms. The van der Waals surface area contributed by atoms with E-state index < -0.39 is 12.2 Å². The molecule has 4 heterocycles. The number of ether oxygens (including phenoxy) is 3. The number of nitrogens with one attached hydrogen (secondary N) is 2. The lowest BCUT2D eigenvalue weighted by Gasteiger charge is -2.40. The number of alkyl halides is 2. The molecule has 0 aliphatic carbocycles. The molecule has 2 aromatic heterocycles. The summed E-state index contributed by atoms with van der Waals surface area (Å²) in [7, 11) is 0. The summed E-state index contributed by atoms with van der Waals surface area (Å²) < 4.78 is 40.5. The van der Waals surface area contributed by atoms with Crippen LogP contribution in [0.3, 0.4) is 0 Å². The second-order valence-corrected chi connectivity index (χ2v) is 8.78. The zero-order chi connectivity index (χ0) is 22.9. The Morgan fingerprint density at radius 2 is 2.00 bits per heavy atom. The summed E-state index contributed by atoms with van der Waals surface area (Å²) in [5.74, 6) is 0.665. The Balaban J connectivity index is 1.42.